The fraction of sp³-hybridized carbons (Fsp3) is 0.739. The minimum Gasteiger partial charge on any atom is -0.508 e. The molecule has 2 atom stereocenters. The summed E-state index contributed by atoms with van der Waals surface area (Å²) in [4.78, 5) is 2.78. The van der Waals surface area contributed by atoms with Crippen LogP contribution < -0.4 is 0 Å². The molecule has 1 aromatic rings. The number of phenolic OH excluding ortho intramolecular Hbond substituents is 1. The summed E-state index contributed by atoms with van der Waals surface area (Å²) >= 11 is 0. The van der Waals surface area contributed by atoms with Crippen molar-refractivity contribution in [2.24, 2.45) is 23.2 Å². The maximum atomic E-state index is 9.50. The van der Waals surface area contributed by atoms with Crippen LogP contribution in [-0.2, 0) is 0 Å². The van der Waals surface area contributed by atoms with Gasteiger partial charge in [0, 0.05) is 6.54 Å². The van der Waals surface area contributed by atoms with Crippen molar-refractivity contribution >= 4 is 0 Å². The zero-order valence-electron chi connectivity index (χ0n) is 16.1. The van der Waals surface area contributed by atoms with Crippen LogP contribution >= 0.6 is 0 Å². The van der Waals surface area contributed by atoms with E-state index in [0.29, 0.717) is 17.1 Å². The van der Waals surface area contributed by atoms with Crippen LogP contribution in [0.25, 0.3) is 0 Å². The van der Waals surface area contributed by atoms with Gasteiger partial charge >= 0.3 is 0 Å². The Bertz CT molecular complexity index is 553. The molecule has 2 nitrogen and oxygen atoms in total. The number of fused-ring (bicyclic) bond motifs is 2. The first kappa shape index (κ1) is 17.4. The number of piperidine rings is 1. The maximum Gasteiger partial charge on any atom is 0.115 e. The van der Waals surface area contributed by atoms with E-state index in [9.17, 15) is 5.11 Å². The van der Waals surface area contributed by atoms with Crippen LogP contribution in [0.1, 0.15) is 70.3 Å². The molecule has 1 heterocycles. The Morgan fingerprint density at radius 3 is 2.16 bits per heavy atom. The Hall–Kier alpha value is -1.02. The highest BCUT2D eigenvalue weighted by molar-refractivity contribution is 5.28. The van der Waals surface area contributed by atoms with Crippen LogP contribution in [-0.4, -0.2) is 29.6 Å². The summed E-state index contributed by atoms with van der Waals surface area (Å²) in [6.45, 7) is 8.84. The van der Waals surface area contributed by atoms with E-state index in [0.717, 1.165) is 17.8 Å². The molecule has 2 bridgehead atoms. The number of phenols is 1. The highest BCUT2D eigenvalue weighted by Gasteiger charge is 2.45. The molecule has 1 aromatic carbocycles. The van der Waals surface area contributed by atoms with Gasteiger partial charge < -0.3 is 10.0 Å². The molecule has 4 rings (SSSR count). The van der Waals surface area contributed by atoms with Gasteiger partial charge in [-0.3, -0.25) is 0 Å². The molecule has 138 valence electrons. The lowest BCUT2D eigenvalue weighted by Crippen LogP contribution is -2.48. The molecule has 1 aliphatic heterocycles. The molecule has 0 amide bonds. The molecule has 2 heteroatoms. The summed E-state index contributed by atoms with van der Waals surface area (Å²) in [6, 6.07) is 7.91. The second-order valence-corrected chi connectivity index (χ2v) is 9.80. The first-order valence-electron chi connectivity index (χ1n) is 10.5. The number of nitrogens with zero attached hydrogens (tertiary/aromatic N) is 1. The second kappa shape index (κ2) is 6.95. The molecule has 0 spiro atoms. The SMILES string of the molecule is CC1CC2CC(C)CC(CN3CCC(c4ccc(O)cc4)CC3)(C1)C2. The van der Waals surface area contributed by atoms with Crippen molar-refractivity contribution in [1.82, 2.24) is 4.90 Å². The smallest absolute Gasteiger partial charge is 0.115 e. The van der Waals surface area contributed by atoms with E-state index >= 15 is 0 Å². The lowest BCUT2D eigenvalue weighted by atomic mass is 9.56. The molecule has 2 saturated carbocycles. The standard InChI is InChI=1S/C23H35NO/c1-17-11-19-12-18(2)14-23(13-17,15-19)16-24-9-7-21(8-10-24)20-3-5-22(25)6-4-20/h3-6,17-19,21,25H,7-16H2,1-2H3. The van der Waals surface area contributed by atoms with Crippen molar-refractivity contribution in [2.75, 3.05) is 19.6 Å². The number of hydrogen-bond acceptors (Lipinski definition) is 2. The number of hydrogen-bond donors (Lipinski definition) is 1. The van der Waals surface area contributed by atoms with Gasteiger partial charge in [0.2, 0.25) is 0 Å². The zero-order chi connectivity index (χ0) is 17.4. The third-order valence-electron chi connectivity index (χ3n) is 7.27. The van der Waals surface area contributed by atoms with Crippen molar-refractivity contribution in [3.8, 4) is 5.75 Å². The molecular weight excluding hydrogens is 306 g/mol. The van der Waals surface area contributed by atoms with E-state index in [4.69, 9.17) is 0 Å². The quantitative estimate of drug-likeness (QED) is 0.793. The molecule has 1 saturated heterocycles. The third kappa shape index (κ3) is 3.89. The van der Waals surface area contributed by atoms with Crippen LogP contribution in [0.5, 0.6) is 5.75 Å². The fourth-order valence-electron chi connectivity index (χ4n) is 6.75. The summed E-state index contributed by atoms with van der Waals surface area (Å²) < 4.78 is 0. The molecule has 2 unspecified atom stereocenters. The molecule has 3 fully saturated rings. The Balaban J connectivity index is 1.37. The first-order valence-corrected chi connectivity index (χ1v) is 10.5. The van der Waals surface area contributed by atoms with Gasteiger partial charge in [0.1, 0.15) is 5.75 Å². The van der Waals surface area contributed by atoms with Gasteiger partial charge in [0.25, 0.3) is 0 Å². The van der Waals surface area contributed by atoms with Crippen LogP contribution in [0.2, 0.25) is 0 Å². The molecule has 2 aliphatic carbocycles. The predicted octanol–water partition coefficient (Wildman–Crippen LogP) is 5.42. The molecule has 0 radical (unpaired) electrons. The van der Waals surface area contributed by atoms with E-state index in [2.05, 4.69) is 30.9 Å². The van der Waals surface area contributed by atoms with Crippen molar-refractivity contribution in [3.05, 3.63) is 29.8 Å². The van der Waals surface area contributed by atoms with Gasteiger partial charge in [-0.05, 0) is 105 Å². The zero-order valence-corrected chi connectivity index (χ0v) is 16.1. The predicted molar refractivity (Wildman–Crippen MR) is 104 cm³/mol. The van der Waals surface area contributed by atoms with E-state index in [1.54, 1.807) is 0 Å². The molecular formula is C23H35NO. The Kier molecular flexibility index (Phi) is 4.83. The fourth-order valence-corrected chi connectivity index (χ4v) is 6.75. The Morgan fingerprint density at radius 1 is 0.960 bits per heavy atom. The number of likely N-dealkylation sites (tertiary alicyclic amines) is 1. The van der Waals surface area contributed by atoms with Crippen molar-refractivity contribution < 1.29 is 5.11 Å². The number of rotatable bonds is 3. The van der Waals surface area contributed by atoms with E-state index < -0.39 is 0 Å². The van der Waals surface area contributed by atoms with Gasteiger partial charge in [0.15, 0.2) is 0 Å². The van der Waals surface area contributed by atoms with Crippen LogP contribution in [0.15, 0.2) is 24.3 Å². The summed E-state index contributed by atoms with van der Waals surface area (Å²) in [6.07, 6.45) is 9.94. The van der Waals surface area contributed by atoms with E-state index in [-0.39, 0.29) is 0 Å². The van der Waals surface area contributed by atoms with Gasteiger partial charge in [-0.2, -0.15) is 0 Å². The van der Waals surface area contributed by atoms with Crippen molar-refractivity contribution in [3.63, 3.8) is 0 Å². The van der Waals surface area contributed by atoms with Crippen LogP contribution in [0.3, 0.4) is 0 Å². The van der Waals surface area contributed by atoms with Crippen LogP contribution in [0, 0.1) is 23.2 Å². The summed E-state index contributed by atoms with van der Waals surface area (Å²) in [5.74, 6) is 3.92. The average molecular weight is 342 g/mol. The van der Waals surface area contributed by atoms with Gasteiger partial charge in [0.05, 0.1) is 0 Å². The average Bonchev–Trinajstić information content (AvgIpc) is 2.54. The third-order valence-corrected chi connectivity index (χ3v) is 7.27. The monoisotopic (exact) mass is 341 g/mol. The lowest BCUT2D eigenvalue weighted by Gasteiger charge is -2.52. The lowest BCUT2D eigenvalue weighted by molar-refractivity contribution is -0.0143. The first-order chi connectivity index (χ1) is 12.0. The van der Waals surface area contributed by atoms with Gasteiger partial charge in [-0.15, -0.1) is 0 Å². The molecule has 0 aromatic heterocycles. The topological polar surface area (TPSA) is 23.5 Å². The van der Waals surface area contributed by atoms with E-state index in [1.165, 1.54) is 70.1 Å². The van der Waals surface area contributed by atoms with Crippen molar-refractivity contribution in [2.45, 2.75) is 64.7 Å². The summed E-state index contributed by atoms with van der Waals surface area (Å²) in [5, 5.41) is 9.50. The molecule has 25 heavy (non-hydrogen) atoms. The Labute approximate surface area is 153 Å². The largest absolute Gasteiger partial charge is 0.508 e. The van der Waals surface area contributed by atoms with E-state index in [1.807, 2.05) is 12.1 Å². The van der Waals surface area contributed by atoms with Crippen molar-refractivity contribution in [1.29, 1.82) is 0 Å². The minimum atomic E-state index is 0.382. The number of benzene rings is 1. The highest BCUT2D eigenvalue weighted by atomic mass is 16.3. The van der Waals surface area contributed by atoms with Gasteiger partial charge in [-0.25, -0.2) is 0 Å². The maximum absolute atomic E-state index is 9.50. The molecule has 3 aliphatic rings. The highest BCUT2D eigenvalue weighted by Crippen LogP contribution is 2.53. The summed E-state index contributed by atoms with van der Waals surface area (Å²) in [5.41, 5.74) is 2.03. The number of aromatic hydroxyl groups is 1. The normalized spacial score (nSPS) is 37.1. The van der Waals surface area contributed by atoms with Crippen LogP contribution in [0.4, 0.5) is 0 Å². The summed E-state index contributed by atoms with van der Waals surface area (Å²) in [7, 11) is 0. The minimum absolute atomic E-state index is 0.382. The Morgan fingerprint density at radius 2 is 1.56 bits per heavy atom. The molecule has 1 N–H and O–H groups in total. The van der Waals surface area contributed by atoms with Gasteiger partial charge in [-0.1, -0.05) is 26.0 Å². The second-order valence-electron chi connectivity index (χ2n) is 9.80.